The maximum absolute atomic E-state index is 13.8. The van der Waals surface area contributed by atoms with Crippen LogP contribution in [0.1, 0.15) is 26.3 Å². The van der Waals surface area contributed by atoms with Crippen molar-refractivity contribution in [2.24, 2.45) is 5.14 Å². The molecule has 1 aromatic heterocycles. The molecule has 2 N–H and O–H groups in total. The molecule has 0 bridgehead atoms. The number of thiophene rings is 1. The van der Waals surface area contributed by atoms with E-state index in [-0.39, 0.29) is 9.90 Å². The van der Waals surface area contributed by atoms with Crippen molar-refractivity contribution in [3.05, 3.63) is 15.7 Å². The van der Waals surface area contributed by atoms with E-state index in [9.17, 15) is 12.8 Å². The van der Waals surface area contributed by atoms with E-state index in [0.717, 1.165) is 0 Å². The average Bonchev–Trinajstić information content (AvgIpc) is 2.22. The molecule has 1 rings (SSSR count). The zero-order valence-corrected chi connectivity index (χ0v) is 10.9. The summed E-state index contributed by atoms with van der Waals surface area (Å²) in [6, 6.07) is 0. The molecule has 0 spiro atoms. The molecule has 1 heterocycles. The van der Waals surface area contributed by atoms with Crippen molar-refractivity contribution < 1.29 is 12.8 Å². The Hall–Kier alpha value is -0.170. The van der Waals surface area contributed by atoms with E-state index in [4.69, 9.17) is 16.7 Å². The molecule has 0 atom stereocenters. The second-order valence-corrected chi connectivity index (χ2v) is 7.53. The number of sulfonamides is 1. The van der Waals surface area contributed by atoms with Gasteiger partial charge in [-0.05, 0) is 5.41 Å². The van der Waals surface area contributed by atoms with Gasteiger partial charge in [0.1, 0.15) is 4.34 Å². The van der Waals surface area contributed by atoms with E-state index < -0.39 is 25.5 Å². The molecule has 0 saturated heterocycles. The Morgan fingerprint density at radius 3 is 2.07 bits per heavy atom. The highest BCUT2D eigenvalue weighted by atomic mass is 35.5. The monoisotopic (exact) mass is 271 g/mol. The van der Waals surface area contributed by atoms with Gasteiger partial charge in [-0.2, -0.15) is 0 Å². The summed E-state index contributed by atoms with van der Waals surface area (Å²) in [6.07, 6.45) is 0. The Morgan fingerprint density at radius 2 is 1.87 bits per heavy atom. The zero-order valence-electron chi connectivity index (χ0n) is 8.47. The van der Waals surface area contributed by atoms with Crippen molar-refractivity contribution in [2.45, 2.75) is 30.4 Å². The van der Waals surface area contributed by atoms with Gasteiger partial charge in [0.2, 0.25) is 0 Å². The Kier molecular flexibility index (Phi) is 3.17. The molecule has 0 aliphatic rings. The normalized spacial score (nSPS) is 13.2. The summed E-state index contributed by atoms with van der Waals surface area (Å²) >= 11 is 6.45. The van der Waals surface area contributed by atoms with Gasteiger partial charge in [0, 0.05) is 5.56 Å². The summed E-state index contributed by atoms with van der Waals surface area (Å²) in [6.45, 7) is 5.24. The topological polar surface area (TPSA) is 60.2 Å². The number of primary sulfonamides is 1. The van der Waals surface area contributed by atoms with Crippen molar-refractivity contribution >= 4 is 33.0 Å². The van der Waals surface area contributed by atoms with E-state index in [1.165, 1.54) is 0 Å². The van der Waals surface area contributed by atoms with Gasteiger partial charge in [-0.25, -0.2) is 17.9 Å². The predicted molar refractivity (Wildman–Crippen MR) is 59.4 cm³/mol. The van der Waals surface area contributed by atoms with Crippen LogP contribution in [0, 0.1) is 5.82 Å². The first kappa shape index (κ1) is 12.9. The highest BCUT2D eigenvalue weighted by Crippen LogP contribution is 2.40. The van der Waals surface area contributed by atoms with Gasteiger partial charge in [0.15, 0.2) is 10.0 Å². The molecule has 0 unspecified atom stereocenters. The number of hydrogen-bond donors (Lipinski definition) is 1. The van der Waals surface area contributed by atoms with Crippen LogP contribution in [0.25, 0.3) is 0 Å². The lowest BCUT2D eigenvalue weighted by Crippen LogP contribution is -2.15. The molecule has 86 valence electrons. The minimum absolute atomic E-state index is 0.129. The van der Waals surface area contributed by atoms with Crippen LogP contribution < -0.4 is 5.14 Å². The van der Waals surface area contributed by atoms with E-state index in [1.54, 1.807) is 20.8 Å². The maximum atomic E-state index is 13.8. The molecule has 0 aliphatic carbocycles. The quantitative estimate of drug-likeness (QED) is 0.853. The summed E-state index contributed by atoms with van der Waals surface area (Å²) in [7, 11) is -4.04. The van der Waals surface area contributed by atoms with Crippen LogP contribution in [0.5, 0.6) is 0 Å². The summed E-state index contributed by atoms with van der Waals surface area (Å²) in [5, 5.41) is 4.87. The average molecular weight is 272 g/mol. The molecule has 0 aromatic carbocycles. The van der Waals surface area contributed by atoms with Crippen LogP contribution in [0.2, 0.25) is 4.34 Å². The van der Waals surface area contributed by atoms with Gasteiger partial charge in [-0.1, -0.05) is 32.4 Å². The van der Waals surface area contributed by atoms with Crippen LogP contribution in [0.15, 0.2) is 4.21 Å². The molecule has 0 amide bonds. The van der Waals surface area contributed by atoms with Gasteiger partial charge in [0.25, 0.3) is 10.0 Å². The molecule has 3 nitrogen and oxygen atoms in total. The van der Waals surface area contributed by atoms with E-state index >= 15 is 0 Å². The van der Waals surface area contributed by atoms with Gasteiger partial charge >= 0.3 is 0 Å². The van der Waals surface area contributed by atoms with Crippen molar-refractivity contribution in [3.63, 3.8) is 0 Å². The lowest BCUT2D eigenvalue weighted by Gasteiger charge is -2.17. The smallest absolute Gasteiger partial charge is 0.224 e. The molecule has 0 saturated carbocycles. The standard InChI is InChI=1S/C8H11ClFNO2S2/c1-8(2,3)4-5(10)7(14-6(4)9)15(11,12)13/h1-3H3,(H2,11,12,13). The van der Waals surface area contributed by atoms with Crippen LogP contribution in [-0.4, -0.2) is 8.42 Å². The summed E-state index contributed by atoms with van der Waals surface area (Å²) in [4.78, 5) is 0. The minimum Gasteiger partial charge on any atom is -0.224 e. The van der Waals surface area contributed by atoms with Gasteiger partial charge in [-0.3, -0.25) is 0 Å². The third-order valence-corrected chi connectivity index (χ3v) is 4.60. The zero-order chi connectivity index (χ0) is 12.0. The first-order valence-electron chi connectivity index (χ1n) is 4.06. The third kappa shape index (κ3) is 2.50. The molecular formula is C8H11ClFNO2S2. The third-order valence-electron chi connectivity index (χ3n) is 1.79. The van der Waals surface area contributed by atoms with Crippen molar-refractivity contribution in [1.82, 2.24) is 0 Å². The predicted octanol–water partition coefficient (Wildman–Crippen LogP) is 2.49. The molecule has 0 aliphatic heterocycles. The molecule has 15 heavy (non-hydrogen) atoms. The summed E-state index contributed by atoms with van der Waals surface area (Å²) in [5.41, 5.74) is -0.362. The van der Waals surface area contributed by atoms with Crippen LogP contribution >= 0.6 is 22.9 Å². The number of rotatable bonds is 1. The van der Waals surface area contributed by atoms with Crippen molar-refractivity contribution in [1.29, 1.82) is 0 Å². The van der Waals surface area contributed by atoms with Crippen LogP contribution in [0.4, 0.5) is 4.39 Å². The van der Waals surface area contributed by atoms with Gasteiger partial charge in [-0.15, -0.1) is 11.3 Å². The lowest BCUT2D eigenvalue weighted by molar-refractivity contribution is 0.514. The fourth-order valence-electron chi connectivity index (χ4n) is 1.17. The molecular weight excluding hydrogens is 261 g/mol. The minimum atomic E-state index is -4.04. The highest BCUT2D eigenvalue weighted by molar-refractivity contribution is 7.91. The molecule has 0 fully saturated rings. The molecule has 0 radical (unpaired) electrons. The highest BCUT2D eigenvalue weighted by Gasteiger charge is 2.30. The van der Waals surface area contributed by atoms with Crippen LogP contribution in [0.3, 0.4) is 0 Å². The SMILES string of the molecule is CC(C)(C)c1c(Cl)sc(S(N)(=O)=O)c1F. The largest absolute Gasteiger partial charge is 0.250 e. The second kappa shape index (κ2) is 3.69. The number of halogens is 2. The van der Waals surface area contributed by atoms with Crippen molar-refractivity contribution in [3.8, 4) is 0 Å². The first-order chi connectivity index (χ1) is 6.55. The Labute approximate surface area is 97.1 Å². The second-order valence-electron chi connectivity index (χ2n) is 4.15. The summed E-state index contributed by atoms with van der Waals surface area (Å²) in [5.74, 6) is -0.833. The fraction of sp³-hybridized carbons (Fsp3) is 0.500. The van der Waals surface area contributed by atoms with E-state index in [0.29, 0.717) is 11.3 Å². The van der Waals surface area contributed by atoms with Gasteiger partial charge in [0.05, 0.1) is 0 Å². The Morgan fingerprint density at radius 1 is 1.40 bits per heavy atom. The van der Waals surface area contributed by atoms with E-state index in [2.05, 4.69) is 0 Å². The Balaban J connectivity index is 3.55. The summed E-state index contributed by atoms with van der Waals surface area (Å²) < 4.78 is 35.5. The van der Waals surface area contributed by atoms with E-state index in [1.807, 2.05) is 0 Å². The Bertz CT molecular complexity index is 487. The number of hydrogen-bond acceptors (Lipinski definition) is 3. The van der Waals surface area contributed by atoms with Crippen LogP contribution in [-0.2, 0) is 15.4 Å². The fourth-order valence-corrected chi connectivity index (χ4v) is 3.83. The lowest BCUT2D eigenvalue weighted by atomic mass is 9.89. The first-order valence-corrected chi connectivity index (χ1v) is 6.80. The molecule has 1 aromatic rings. The van der Waals surface area contributed by atoms with Crippen molar-refractivity contribution in [2.75, 3.05) is 0 Å². The molecule has 7 heteroatoms. The number of nitrogens with two attached hydrogens (primary N) is 1. The maximum Gasteiger partial charge on any atom is 0.250 e. The van der Waals surface area contributed by atoms with Gasteiger partial charge < -0.3 is 0 Å².